The number of amides is 1. The van der Waals surface area contributed by atoms with Crippen molar-refractivity contribution >= 4 is 21.6 Å². The number of anilines is 1. The number of sulfonamides is 1. The maximum atomic E-state index is 15.4. The van der Waals surface area contributed by atoms with Crippen molar-refractivity contribution in [1.29, 1.82) is 0 Å². The van der Waals surface area contributed by atoms with Gasteiger partial charge in [0.2, 0.25) is 10.0 Å². The van der Waals surface area contributed by atoms with Crippen LogP contribution in [0.15, 0.2) is 60.7 Å². The van der Waals surface area contributed by atoms with Crippen LogP contribution >= 0.6 is 0 Å². The van der Waals surface area contributed by atoms with Crippen LogP contribution in [0, 0.1) is 35.8 Å². The highest BCUT2D eigenvalue weighted by atomic mass is 32.2. The quantitative estimate of drug-likeness (QED) is 0.301. The van der Waals surface area contributed by atoms with E-state index in [2.05, 4.69) is 15.1 Å². The molecule has 2 heterocycles. The fourth-order valence-corrected chi connectivity index (χ4v) is 8.78. The Kier molecular flexibility index (Phi) is 10.2. The molecule has 0 spiro atoms. The minimum Gasteiger partial charge on any atom is -0.319 e. The summed E-state index contributed by atoms with van der Waals surface area (Å²) in [5.41, 5.74) is 0.680. The smallest absolute Gasteiger partial charge is 0.319 e. The van der Waals surface area contributed by atoms with Crippen molar-refractivity contribution < 1.29 is 30.8 Å². The van der Waals surface area contributed by atoms with E-state index in [1.54, 1.807) is 4.31 Å². The highest BCUT2D eigenvalue weighted by Gasteiger charge is 2.42. The van der Waals surface area contributed by atoms with E-state index in [0.29, 0.717) is 37.6 Å². The van der Waals surface area contributed by atoms with Crippen molar-refractivity contribution in [2.45, 2.75) is 56.7 Å². The molecule has 2 saturated heterocycles. The number of likely N-dealkylation sites (N-methyl/N-ethyl adjacent to an activating group) is 1. The van der Waals surface area contributed by atoms with E-state index in [0.717, 1.165) is 30.7 Å². The molecule has 2 aliphatic rings. The Morgan fingerprint density at radius 2 is 1.70 bits per heavy atom. The molecule has 12 heteroatoms. The van der Waals surface area contributed by atoms with Crippen LogP contribution in [0.2, 0.25) is 0 Å². The predicted molar refractivity (Wildman–Crippen MR) is 169 cm³/mol. The van der Waals surface area contributed by atoms with Crippen molar-refractivity contribution in [3.8, 4) is 6.57 Å². The fraction of sp³-hybridized carbons (Fsp3) is 0.412. The third kappa shape index (κ3) is 7.27. The van der Waals surface area contributed by atoms with E-state index in [9.17, 15) is 26.4 Å². The highest BCUT2D eigenvalue weighted by Crippen LogP contribution is 2.34. The minimum absolute atomic E-state index is 0.0313. The lowest BCUT2D eigenvalue weighted by atomic mass is 9.84. The Hall–Kier alpha value is -3.79. The monoisotopic (exact) mass is 657 g/mol. The number of nitrogens with zero attached hydrogens (tertiary/aromatic N) is 3. The van der Waals surface area contributed by atoms with E-state index in [4.69, 9.17) is 6.57 Å². The molecule has 1 amide bonds. The molecule has 1 N–H and O–H groups in total. The summed E-state index contributed by atoms with van der Waals surface area (Å²) in [7, 11) is -1.51. The number of hydrogen-bond acceptors (Lipinski definition) is 4. The van der Waals surface area contributed by atoms with Crippen LogP contribution in [0.5, 0.6) is 0 Å². The van der Waals surface area contributed by atoms with Gasteiger partial charge < -0.3 is 10.2 Å². The summed E-state index contributed by atoms with van der Waals surface area (Å²) >= 11 is 0. The van der Waals surface area contributed by atoms with Crippen LogP contribution in [0.25, 0.3) is 4.85 Å². The fourth-order valence-electron chi connectivity index (χ4n) is 6.89. The zero-order chi connectivity index (χ0) is 33.2. The number of benzene rings is 3. The number of carbonyl (C=O) groups is 1. The molecule has 244 valence electrons. The van der Waals surface area contributed by atoms with Gasteiger partial charge in [-0.15, -0.1) is 0 Å². The van der Waals surface area contributed by atoms with Crippen molar-refractivity contribution in [3.05, 3.63) is 105 Å². The second-order valence-electron chi connectivity index (χ2n) is 12.3. The number of nitrogens with one attached hydrogen (secondary N) is 1. The first-order valence-electron chi connectivity index (χ1n) is 15.3. The van der Waals surface area contributed by atoms with E-state index in [1.165, 1.54) is 30.3 Å². The van der Waals surface area contributed by atoms with Crippen LogP contribution < -0.4 is 5.32 Å². The van der Waals surface area contributed by atoms with Crippen LogP contribution in [-0.2, 0) is 21.2 Å². The van der Waals surface area contributed by atoms with Gasteiger partial charge in [0.25, 0.3) is 6.57 Å². The van der Waals surface area contributed by atoms with E-state index in [1.807, 2.05) is 14.0 Å². The van der Waals surface area contributed by atoms with E-state index in [-0.39, 0.29) is 47.0 Å². The molecule has 5 rings (SSSR count). The summed E-state index contributed by atoms with van der Waals surface area (Å²) < 4.78 is 85.9. The second-order valence-corrected chi connectivity index (χ2v) is 14.3. The van der Waals surface area contributed by atoms with Gasteiger partial charge in [0, 0.05) is 42.5 Å². The topological polar surface area (TPSA) is 74.1 Å². The number of rotatable bonds is 8. The molecule has 2 aliphatic heterocycles. The molecule has 2 bridgehead atoms. The molecule has 6 atom stereocenters. The summed E-state index contributed by atoms with van der Waals surface area (Å²) in [6.45, 7) is 8.78. The van der Waals surface area contributed by atoms with Gasteiger partial charge in [0.1, 0.15) is 23.3 Å². The first-order valence-corrected chi connectivity index (χ1v) is 16.9. The van der Waals surface area contributed by atoms with Gasteiger partial charge in [-0.1, -0.05) is 30.0 Å². The van der Waals surface area contributed by atoms with Crippen LogP contribution in [0.1, 0.15) is 48.8 Å². The SMILES string of the molecule is C#[N+]C(C(=O)Nc1cccc(F)c1CCC1C(C)CN(C)C2CCCS(=O)(=O)N1C2)C(c1ccc(F)cc1)c1cc(F)cc(F)c1. The molecular weight excluding hydrogens is 620 g/mol. The van der Waals surface area contributed by atoms with Gasteiger partial charge >= 0.3 is 11.9 Å². The minimum atomic E-state index is -3.51. The molecule has 0 saturated carbocycles. The number of hydrogen-bond donors (Lipinski definition) is 1. The summed E-state index contributed by atoms with van der Waals surface area (Å²) in [5.74, 6) is -4.78. The number of halogens is 4. The second kappa shape index (κ2) is 13.9. The van der Waals surface area contributed by atoms with E-state index < -0.39 is 51.2 Å². The zero-order valence-corrected chi connectivity index (χ0v) is 26.5. The van der Waals surface area contributed by atoms with Gasteiger partial charge in [0.15, 0.2) is 0 Å². The first-order chi connectivity index (χ1) is 21.9. The summed E-state index contributed by atoms with van der Waals surface area (Å²) in [6, 6.07) is 10.3. The molecule has 3 aromatic carbocycles. The molecule has 46 heavy (non-hydrogen) atoms. The van der Waals surface area contributed by atoms with Gasteiger partial charge in [-0.05, 0) is 86.2 Å². The molecule has 0 aliphatic carbocycles. The highest BCUT2D eigenvalue weighted by molar-refractivity contribution is 7.89. The predicted octanol–water partition coefficient (Wildman–Crippen LogP) is 6.02. The number of fused-ring (bicyclic) bond motifs is 2. The average molecular weight is 658 g/mol. The maximum Gasteiger partial charge on any atom is 0.359 e. The van der Waals surface area contributed by atoms with Crippen molar-refractivity contribution in [2.24, 2.45) is 5.92 Å². The zero-order valence-electron chi connectivity index (χ0n) is 25.7. The molecule has 0 aromatic heterocycles. The Bertz CT molecular complexity index is 1710. The van der Waals surface area contributed by atoms with Crippen molar-refractivity contribution in [2.75, 3.05) is 31.2 Å². The van der Waals surface area contributed by atoms with Crippen LogP contribution in [0.3, 0.4) is 0 Å². The third-order valence-corrected chi connectivity index (χ3v) is 11.1. The van der Waals surface area contributed by atoms with Crippen LogP contribution in [0.4, 0.5) is 23.2 Å². The van der Waals surface area contributed by atoms with E-state index >= 15 is 4.39 Å². The molecule has 3 aromatic rings. The molecule has 6 unspecified atom stereocenters. The largest absolute Gasteiger partial charge is 0.359 e. The Labute approximate surface area is 267 Å². The van der Waals surface area contributed by atoms with Crippen molar-refractivity contribution in [1.82, 2.24) is 9.21 Å². The maximum absolute atomic E-state index is 15.4. The Morgan fingerprint density at radius 1 is 1.00 bits per heavy atom. The molecule has 2 fully saturated rings. The van der Waals surface area contributed by atoms with Gasteiger partial charge in [-0.2, -0.15) is 4.31 Å². The number of carbonyl (C=O) groups excluding carboxylic acids is 1. The molecule has 0 radical (unpaired) electrons. The normalized spacial score (nSPS) is 24.2. The standard InChI is InChI=1S/C34H36F4N4O3S/c1-21-19-41(3)27-6-5-15-46(44,45)42(20-27)31(21)14-13-28-29(38)7-4-8-30(28)40-34(43)33(39-2)32(22-9-11-24(35)12-10-22)23-16-25(36)18-26(37)17-23/h2,4,7-12,16-18,21,27,31-33H,5-6,13-15,19-20H2,1,3H3/p+1. The lowest BCUT2D eigenvalue weighted by Gasteiger charge is -2.32. The third-order valence-electron chi connectivity index (χ3n) is 9.20. The summed E-state index contributed by atoms with van der Waals surface area (Å²) in [6.07, 6.45) is 1.80. The van der Waals surface area contributed by atoms with Gasteiger partial charge in [-0.25, -0.2) is 26.0 Å². The lowest BCUT2D eigenvalue weighted by Crippen LogP contribution is -2.45. The average Bonchev–Trinajstić information content (AvgIpc) is 3.22. The van der Waals surface area contributed by atoms with Gasteiger partial charge in [0.05, 0.1) is 11.7 Å². The Balaban J connectivity index is 1.44. The lowest BCUT2D eigenvalue weighted by molar-refractivity contribution is -0.116. The Morgan fingerprint density at radius 3 is 2.37 bits per heavy atom. The summed E-state index contributed by atoms with van der Waals surface area (Å²) in [4.78, 5) is 19.7. The van der Waals surface area contributed by atoms with Crippen molar-refractivity contribution in [3.63, 3.8) is 0 Å². The van der Waals surface area contributed by atoms with Crippen LogP contribution in [-0.4, -0.2) is 67.5 Å². The first kappa shape index (κ1) is 33.6. The molecular formula is C34H37F4N4O3S+. The summed E-state index contributed by atoms with van der Waals surface area (Å²) in [5, 5.41) is 2.70. The van der Waals surface area contributed by atoms with Gasteiger partial charge in [-0.3, -0.25) is 4.79 Å². The molecule has 7 nitrogen and oxygen atoms in total.